The summed E-state index contributed by atoms with van der Waals surface area (Å²) in [5.41, 5.74) is -2.71. The number of aliphatic hydroxyl groups is 1. The molecule has 11 heteroatoms. The van der Waals surface area contributed by atoms with Gasteiger partial charge in [-0.25, -0.2) is 0 Å². The fourth-order valence-corrected chi connectivity index (χ4v) is 3.83. The Bertz CT molecular complexity index is 239. The van der Waals surface area contributed by atoms with Crippen molar-refractivity contribution >= 4 is 64.1 Å². The Balaban J connectivity index is 4.96. The minimum atomic E-state index is -3.62. The van der Waals surface area contributed by atoms with Gasteiger partial charge in [0.25, 0.3) is 13.6 Å². The summed E-state index contributed by atoms with van der Waals surface area (Å²) >= 11 is 8.16. The van der Waals surface area contributed by atoms with Crippen molar-refractivity contribution in [3.63, 3.8) is 0 Å². The minimum Gasteiger partial charge on any atom is -0.355 e. The zero-order chi connectivity index (χ0) is 10.9. The van der Waals surface area contributed by atoms with E-state index in [2.05, 4.69) is 52.3 Å². The highest BCUT2D eigenvalue weighted by molar-refractivity contribution is 9.39. The molecule has 0 rings (SSSR count). The minimum absolute atomic E-state index is 1.67. The van der Waals surface area contributed by atoms with Crippen LogP contribution in [0.1, 0.15) is 0 Å². The second kappa shape index (κ2) is 5.18. The van der Waals surface area contributed by atoms with Crippen molar-refractivity contribution in [1.29, 1.82) is 0 Å². The second-order valence-corrected chi connectivity index (χ2v) is 10.6. The third-order valence-corrected chi connectivity index (χ3v) is 5.35. The van der Waals surface area contributed by atoms with Crippen LogP contribution in [0.15, 0.2) is 0 Å². The van der Waals surface area contributed by atoms with Crippen molar-refractivity contribution in [1.82, 2.24) is 0 Å². The summed E-state index contributed by atoms with van der Waals surface area (Å²) < 4.78 is 23.4. The van der Waals surface area contributed by atoms with E-state index in [0.717, 1.165) is 0 Å². The van der Waals surface area contributed by atoms with Gasteiger partial charge >= 0.3 is 8.25 Å². The van der Waals surface area contributed by atoms with Crippen LogP contribution in [-0.2, 0) is 13.7 Å². The van der Waals surface area contributed by atoms with E-state index in [1.807, 2.05) is 0 Å². The van der Waals surface area contributed by atoms with Crippen molar-refractivity contribution in [2.24, 2.45) is 0 Å². The zero-order valence-electron chi connectivity index (χ0n) is 5.70. The summed E-state index contributed by atoms with van der Waals surface area (Å²) in [5, 5.41) is 9.38. The molecule has 0 bridgehead atoms. The molecule has 0 aliphatic heterocycles. The molecular formula is C2H5Br3O6P2. The number of halogens is 3. The van der Waals surface area contributed by atoms with Crippen LogP contribution in [0.4, 0.5) is 0 Å². The van der Waals surface area contributed by atoms with Gasteiger partial charge in [-0.1, -0.05) is 47.8 Å². The molecule has 3 N–H and O–H groups in total. The van der Waals surface area contributed by atoms with E-state index in [1.165, 1.54) is 0 Å². The number of rotatable bonds is 3. The van der Waals surface area contributed by atoms with Crippen molar-refractivity contribution in [2.75, 3.05) is 0 Å². The van der Waals surface area contributed by atoms with Gasteiger partial charge < -0.3 is 14.9 Å². The van der Waals surface area contributed by atoms with Crippen molar-refractivity contribution in [3.8, 4) is 0 Å². The van der Waals surface area contributed by atoms with E-state index in [0.29, 0.717) is 0 Å². The van der Waals surface area contributed by atoms with Gasteiger partial charge in [-0.15, -0.1) is 0 Å². The standard InChI is InChI=1S/C2H5Br3O6P2/c3-1(4,5)2(6,12(7)8)11-13(9)10/h6,12-13H,(H,7,8)(H,9,10). The quantitative estimate of drug-likeness (QED) is 0.357. The van der Waals surface area contributed by atoms with E-state index < -0.39 is 24.0 Å². The average molecular weight is 427 g/mol. The van der Waals surface area contributed by atoms with Crippen LogP contribution in [0.25, 0.3) is 0 Å². The molecule has 80 valence electrons. The molecule has 6 nitrogen and oxygen atoms in total. The van der Waals surface area contributed by atoms with Gasteiger partial charge in [-0.05, 0) is 0 Å². The molecule has 3 unspecified atom stereocenters. The number of hydrogen-bond acceptors (Lipinski definition) is 4. The first kappa shape index (κ1) is 14.7. The van der Waals surface area contributed by atoms with Gasteiger partial charge in [-0.3, -0.25) is 13.7 Å². The van der Waals surface area contributed by atoms with E-state index in [4.69, 9.17) is 9.79 Å². The lowest BCUT2D eigenvalue weighted by Gasteiger charge is -2.30. The Hall–Kier alpha value is 1.74. The normalized spacial score (nSPS) is 22.0. The summed E-state index contributed by atoms with van der Waals surface area (Å²) in [6.45, 7) is 0. The highest BCUT2D eigenvalue weighted by Crippen LogP contribution is 2.57. The molecule has 13 heavy (non-hydrogen) atoms. The van der Waals surface area contributed by atoms with Gasteiger partial charge in [0.1, 0.15) is 0 Å². The van der Waals surface area contributed by atoms with Crippen LogP contribution in [0, 0.1) is 0 Å². The third kappa shape index (κ3) is 4.01. The lowest BCUT2D eigenvalue weighted by molar-refractivity contribution is -0.0564. The van der Waals surface area contributed by atoms with Crippen molar-refractivity contribution in [2.45, 2.75) is 7.67 Å². The molecule has 0 spiro atoms. The fourth-order valence-electron chi connectivity index (χ4n) is 0.349. The SMILES string of the molecule is O=[PH](O)OC(O)([PH](=O)O)C(Br)(Br)Br. The zero-order valence-corrected chi connectivity index (χ0v) is 12.5. The van der Waals surface area contributed by atoms with Crippen LogP contribution in [0.5, 0.6) is 0 Å². The second-order valence-electron chi connectivity index (χ2n) is 1.81. The summed E-state index contributed by atoms with van der Waals surface area (Å²) in [7, 11) is -7.16. The summed E-state index contributed by atoms with van der Waals surface area (Å²) in [6, 6.07) is 0. The third-order valence-electron chi connectivity index (χ3n) is 0.909. The average Bonchev–Trinajstić information content (AvgIpc) is 1.82. The molecule has 0 radical (unpaired) electrons. The van der Waals surface area contributed by atoms with Crippen LogP contribution in [0.3, 0.4) is 0 Å². The highest BCUT2D eigenvalue weighted by atomic mass is 80.0. The lowest BCUT2D eigenvalue weighted by atomic mass is 10.8. The van der Waals surface area contributed by atoms with E-state index in [1.54, 1.807) is 0 Å². The van der Waals surface area contributed by atoms with Crippen LogP contribution >= 0.6 is 64.1 Å². The molecule has 3 atom stereocenters. The van der Waals surface area contributed by atoms with Gasteiger partial charge in [0.05, 0.1) is 0 Å². The first-order valence-corrected chi connectivity index (χ1v) is 7.55. The van der Waals surface area contributed by atoms with Crippen LogP contribution in [0.2, 0.25) is 0 Å². The molecular weight excluding hydrogens is 422 g/mol. The van der Waals surface area contributed by atoms with E-state index in [9.17, 15) is 14.2 Å². The predicted molar refractivity (Wildman–Crippen MR) is 58.0 cm³/mol. The maximum atomic E-state index is 10.7. The molecule has 0 heterocycles. The molecule has 0 saturated heterocycles. The largest absolute Gasteiger partial charge is 0.355 e. The number of hydrogen-bond donors (Lipinski definition) is 3. The monoisotopic (exact) mass is 424 g/mol. The first-order valence-electron chi connectivity index (χ1n) is 2.55. The van der Waals surface area contributed by atoms with Gasteiger partial charge in [0, 0.05) is 0 Å². The summed E-state index contributed by atoms with van der Waals surface area (Å²) in [6.07, 6.45) is 0. The fraction of sp³-hybridized carbons (Fsp3) is 1.00. The van der Waals surface area contributed by atoms with Crippen molar-refractivity contribution in [3.05, 3.63) is 0 Å². The molecule has 0 aromatic carbocycles. The van der Waals surface area contributed by atoms with Gasteiger partial charge in [0.15, 0.2) is 2.14 Å². The summed E-state index contributed by atoms with van der Waals surface area (Å²) in [4.78, 5) is 17.1. The maximum Gasteiger partial charge on any atom is 0.319 e. The van der Waals surface area contributed by atoms with Crippen LogP contribution in [-0.4, -0.2) is 22.6 Å². The summed E-state index contributed by atoms with van der Waals surface area (Å²) in [5.74, 6) is 0. The van der Waals surface area contributed by atoms with Gasteiger partial charge in [0.2, 0.25) is 0 Å². The Morgan fingerprint density at radius 3 is 1.62 bits per heavy atom. The first-order chi connectivity index (χ1) is 5.61. The molecule has 0 aromatic rings. The van der Waals surface area contributed by atoms with Gasteiger partial charge in [-0.2, -0.15) is 0 Å². The van der Waals surface area contributed by atoms with Crippen molar-refractivity contribution < 1.29 is 28.5 Å². The Labute approximate surface area is 99.9 Å². The highest BCUT2D eigenvalue weighted by Gasteiger charge is 2.53. The Kier molecular flexibility index (Phi) is 5.88. The molecule has 0 saturated carbocycles. The maximum absolute atomic E-state index is 10.7. The van der Waals surface area contributed by atoms with E-state index in [-0.39, 0.29) is 0 Å². The predicted octanol–water partition coefficient (Wildman–Crippen LogP) is 1.34. The molecule has 0 fully saturated rings. The Morgan fingerprint density at radius 2 is 1.54 bits per heavy atom. The van der Waals surface area contributed by atoms with Crippen LogP contribution < -0.4 is 0 Å². The molecule has 0 aliphatic carbocycles. The number of alkyl halides is 3. The topological polar surface area (TPSA) is 104 Å². The smallest absolute Gasteiger partial charge is 0.319 e. The molecule has 0 amide bonds. The molecule has 0 aromatic heterocycles. The lowest BCUT2D eigenvalue weighted by Crippen LogP contribution is -2.39. The Morgan fingerprint density at radius 1 is 1.15 bits per heavy atom. The molecule has 0 aliphatic rings. The van der Waals surface area contributed by atoms with E-state index >= 15 is 0 Å².